The van der Waals surface area contributed by atoms with Crippen LogP contribution in [0.3, 0.4) is 0 Å². The van der Waals surface area contributed by atoms with Gasteiger partial charge in [0.1, 0.15) is 17.3 Å². The van der Waals surface area contributed by atoms with Gasteiger partial charge in [0.2, 0.25) is 0 Å². The highest BCUT2D eigenvalue weighted by atomic mass is 19.1. The first kappa shape index (κ1) is 20.8. The maximum atomic E-state index is 14.4. The number of halogens is 1. The van der Waals surface area contributed by atoms with Gasteiger partial charge in [-0.3, -0.25) is 0 Å². The number of hydrogen-bond acceptors (Lipinski definition) is 5. The Labute approximate surface area is 189 Å². The zero-order chi connectivity index (χ0) is 22.9. The van der Waals surface area contributed by atoms with Crippen molar-refractivity contribution in [2.24, 2.45) is 0 Å². The average molecular weight is 446 g/mol. The number of benzene rings is 2. The van der Waals surface area contributed by atoms with Gasteiger partial charge >= 0.3 is 6.03 Å². The van der Waals surface area contributed by atoms with E-state index in [1.54, 1.807) is 11.8 Å². The molecule has 0 bridgehead atoms. The molecule has 1 saturated heterocycles. The summed E-state index contributed by atoms with van der Waals surface area (Å²) >= 11 is 0. The zero-order valence-corrected chi connectivity index (χ0v) is 18.3. The molecule has 2 aromatic carbocycles. The number of aromatic amines is 1. The van der Waals surface area contributed by atoms with Gasteiger partial charge in [0, 0.05) is 23.5 Å². The van der Waals surface area contributed by atoms with Crippen molar-refractivity contribution in [3.05, 3.63) is 71.7 Å². The molecular weight excluding hydrogens is 423 g/mol. The molecule has 2 aromatic heterocycles. The van der Waals surface area contributed by atoms with E-state index in [1.807, 2.05) is 37.3 Å². The molecule has 1 fully saturated rings. The summed E-state index contributed by atoms with van der Waals surface area (Å²) in [5.41, 5.74) is 3.50. The lowest BCUT2D eigenvalue weighted by molar-refractivity contribution is 0.205. The normalized spacial score (nSPS) is 15.7. The fraction of sp³-hybridized carbons (Fsp3) is 0.261. The van der Waals surface area contributed by atoms with E-state index < -0.39 is 5.82 Å². The minimum Gasteiger partial charge on any atom is -0.344 e. The lowest BCUT2D eigenvalue weighted by Gasteiger charge is -2.23. The molecule has 1 aliphatic rings. The highest BCUT2D eigenvalue weighted by Crippen LogP contribution is 2.33. The number of likely N-dealkylation sites (tertiary alicyclic amines) is 1. The highest BCUT2D eigenvalue weighted by Gasteiger charge is 2.33. The average Bonchev–Trinajstić information content (AvgIpc) is 3.55. The van der Waals surface area contributed by atoms with Gasteiger partial charge in [0.25, 0.3) is 0 Å². The van der Waals surface area contributed by atoms with Crippen molar-refractivity contribution >= 4 is 11.7 Å². The van der Waals surface area contributed by atoms with Crippen LogP contribution in [-0.2, 0) is 0 Å². The third kappa shape index (κ3) is 3.95. The summed E-state index contributed by atoms with van der Waals surface area (Å²) < 4.78 is 15.7. The quantitative estimate of drug-likeness (QED) is 0.489. The molecule has 33 heavy (non-hydrogen) atoms. The summed E-state index contributed by atoms with van der Waals surface area (Å²) in [5.74, 6) is 0.726. The second kappa shape index (κ2) is 8.45. The molecule has 10 heteroatoms. The van der Waals surface area contributed by atoms with E-state index in [1.165, 1.54) is 22.9 Å². The van der Waals surface area contributed by atoms with Crippen LogP contribution in [0.25, 0.3) is 16.9 Å². The number of nitrogens with one attached hydrogen (secondary N) is 2. The lowest BCUT2D eigenvalue weighted by atomic mass is 10.1. The Morgan fingerprint density at radius 1 is 1.18 bits per heavy atom. The lowest BCUT2D eigenvalue weighted by Crippen LogP contribution is -2.35. The van der Waals surface area contributed by atoms with E-state index >= 15 is 0 Å². The molecule has 1 atom stereocenters. The Morgan fingerprint density at radius 2 is 2.00 bits per heavy atom. The Hall–Kier alpha value is -4.08. The molecule has 1 aliphatic heterocycles. The molecule has 9 nitrogen and oxygen atoms in total. The van der Waals surface area contributed by atoms with Gasteiger partial charge < -0.3 is 15.2 Å². The van der Waals surface area contributed by atoms with Crippen LogP contribution in [0.4, 0.5) is 14.9 Å². The first-order chi connectivity index (χ1) is 16.0. The highest BCUT2D eigenvalue weighted by molar-refractivity contribution is 5.90. The second-order valence-corrected chi connectivity index (χ2v) is 8.05. The van der Waals surface area contributed by atoms with Gasteiger partial charge in [-0.1, -0.05) is 30.3 Å². The molecule has 0 unspecified atom stereocenters. The van der Waals surface area contributed by atoms with Crippen LogP contribution >= 0.6 is 0 Å². The van der Waals surface area contributed by atoms with Crippen LogP contribution in [0, 0.1) is 19.7 Å². The van der Waals surface area contributed by atoms with Crippen molar-refractivity contribution in [3.8, 4) is 16.9 Å². The number of aryl methyl sites for hydroxylation is 2. The second-order valence-electron chi connectivity index (χ2n) is 8.05. The third-order valence-electron chi connectivity index (χ3n) is 5.83. The minimum absolute atomic E-state index is 0.164. The molecule has 0 aliphatic carbocycles. The summed E-state index contributed by atoms with van der Waals surface area (Å²) in [7, 11) is 0. The summed E-state index contributed by atoms with van der Waals surface area (Å²) in [6.07, 6.45) is 1.68. The Balaban J connectivity index is 1.37. The van der Waals surface area contributed by atoms with Crippen LogP contribution < -0.4 is 5.32 Å². The number of nitrogens with zero attached hydrogens (tertiary/aromatic N) is 6. The molecule has 168 valence electrons. The Bertz CT molecular complexity index is 1300. The van der Waals surface area contributed by atoms with Crippen molar-refractivity contribution in [3.63, 3.8) is 0 Å². The zero-order valence-electron chi connectivity index (χ0n) is 18.3. The fourth-order valence-corrected chi connectivity index (χ4v) is 4.21. The minimum atomic E-state index is -0.484. The van der Waals surface area contributed by atoms with Crippen molar-refractivity contribution in [1.82, 2.24) is 35.1 Å². The number of H-pyrrole nitrogens is 1. The standard InChI is InChI=1S/C23H23FN8O/c1-14-21(16-7-4-3-5-8-16)27-22(25-14)19-9-6-12-31(19)23(33)26-17-10-11-18(24)20(13-17)32-15(2)28-29-30-32/h3-5,7-8,10-11,13,19H,6,9,12H2,1-2H3,(H,25,27)(H,26,33)/t19-/m1/s1. The van der Waals surface area contributed by atoms with Gasteiger partial charge in [0.15, 0.2) is 5.82 Å². The summed E-state index contributed by atoms with van der Waals surface area (Å²) in [6, 6.07) is 13.9. The third-order valence-corrected chi connectivity index (χ3v) is 5.83. The van der Waals surface area contributed by atoms with Crippen LogP contribution in [0.15, 0.2) is 48.5 Å². The summed E-state index contributed by atoms with van der Waals surface area (Å²) in [4.78, 5) is 23.1. The Kier molecular flexibility index (Phi) is 5.33. The van der Waals surface area contributed by atoms with Crippen LogP contribution in [0.2, 0.25) is 0 Å². The van der Waals surface area contributed by atoms with Gasteiger partial charge in [-0.05, 0) is 55.3 Å². The molecule has 3 heterocycles. The predicted molar refractivity (Wildman–Crippen MR) is 120 cm³/mol. The molecular formula is C23H23FN8O. The number of tetrazole rings is 1. The van der Waals surface area contributed by atoms with Crippen molar-refractivity contribution in [1.29, 1.82) is 0 Å². The number of urea groups is 1. The summed E-state index contributed by atoms with van der Waals surface area (Å²) in [5, 5.41) is 14.0. The number of carbonyl (C=O) groups excluding carboxylic acids is 1. The number of aromatic nitrogens is 6. The summed E-state index contributed by atoms with van der Waals surface area (Å²) in [6.45, 7) is 4.27. The topological polar surface area (TPSA) is 105 Å². The Morgan fingerprint density at radius 3 is 2.76 bits per heavy atom. The fourth-order valence-electron chi connectivity index (χ4n) is 4.21. The van der Waals surface area contributed by atoms with E-state index in [-0.39, 0.29) is 17.8 Å². The van der Waals surface area contributed by atoms with E-state index in [0.717, 1.165) is 35.6 Å². The van der Waals surface area contributed by atoms with Gasteiger partial charge in [-0.2, -0.15) is 4.68 Å². The predicted octanol–water partition coefficient (Wildman–Crippen LogP) is 4.18. The van der Waals surface area contributed by atoms with Gasteiger partial charge in [-0.25, -0.2) is 14.2 Å². The number of imidazole rings is 1. The first-order valence-corrected chi connectivity index (χ1v) is 10.8. The first-order valence-electron chi connectivity index (χ1n) is 10.8. The SMILES string of the molecule is Cc1[nH]c([C@H]2CCCN2C(=O)Nc2ccc(F)c(-n3nnnc3C)c2)nc1-c1ccccc1. The van der Waals surface area contributed by atoms with E-state index in [4.69, 9.17) is 4.98 Å². The molecule has 5 rings (SSSR count). The molecule has 2 amide bonds. The van der Waals surface area contributed by atoms with Crippen molar-refractivity contribution in [2.45, 2.75) is 32.7 Å². The molecule has 0 saturated carbocycles. The number of carbonyl (C=O) groups is 1. The maximum absolute atomic E-state index is 14.4. The molecule has 2 N–H and O–H groups in total. The van der Waals surface area contributed by atoms with Gasteiger partial charge in [0.05, 0.1) is 11.7 Å². The van der Waals surface area contributed by atoms with Crippen molar-refractivity contribution < 1.29 is 9.18 Å². The molecule has 4 aromatic rings. The number of rotatable bonds is 4. The van der Waals surface area contributed by atoms with Gasteiger partial charge in [-0.15, -0.1) is 5.10 Å². The largest absolute Gasteiger partial charge is 0.344 e. The number of anilines is 1. The smallest absolute Gasteiger partial charge is 0.322 e. The van der Waals surface area contributed by atoms with Crippen molar-refractivity contribution in [2.75, 3.05) is 11.9 Å². The van der Waals surface area contributed by atoms with E-state index in [9.17, 15) is 9.18 Å². The maximum Gasteiger partial charge on any atom is 0.322 e. The monoisotopic (exact) mass is 446 g/mol. The number of amides is 2. The molecule has 0 spiro atoms. The molecule has 0 radical (unpaired) electrons. The van der Waals surface area contributed by atoms with E-state index in [2.05, 4.69) is 25.8 Å². The van der Waals surface area contributed by atoms with Crippen LogP contribution in [0.5, 0.6) is 0 Å². The van der Waals surface area contributed by atoms with E-state index in [0.29, 0.717) is 18.1 Å². The van der Waals surface area contributed by atoms with Crippen LogP contribution in [0.1, 0.15) is 36.2 Å². The van der Waals surface area contributed by atoms with Crippen LogP contribution in [-0.4, -0.2) is 47.7 Å². The number of hydrogen-bond donors (Lipinski definition) is 2.